The van der Waals surface area contributed by atoms with Gasteiger partial charge in [-0.25, -0.2) is 0 Å². The Morgan fingerprint density at radius 2 is 2.10 bits per heavy atom. The number of hydrogen-bond donors (Lipinski definition) is 1. The second-order valence-corrected chi connectivity index (χ2v) is 2.98. The molecule has 0 aromatic rings. The Morgan fingerprint density at radius 3 is 2.50 bits per heavy atom. The minimum Gasteiger partial charge on any atom is -0.368 e. The minimum atomic E-state index is -0.517. The first-order chi connectivity index (χ1) is 4.70. The zero-order valence-electron chi connectivity index (χ0n) is 6.58. The van der Waals surface area contributed by atoms with Crippen molar-refractivity contribution >= 4 is 0 Å². The molecule has 1 heterocycles. The summed E-state index contributed by atoms with van der Waals surface area (Å²) in [5, 5.41) is 8.97. The Morgan fingerprint density at radius 1 is 1.40 bits per heavy atom. The number of aliphatic hydroxyl groups is 1. The lowest BCUT2D eigenvalue weighted by Gasteiger charge is -2.30. The van der Waals surface area contributed by atoms with E-state index in [-0.39, 0.29) is 0 Å². The van der Waals surface area contributed by atoms with E-state index in [9.17, 15) is 0 Å². The highest BCUT2D eigenvalue weighted by atomic mass is 16.6. The summed E-state index contributed by atoms with van der Waals surface area (Å²) in [4.78, 5) is 2.13. The second kappa shape index (κ2) is 3.32. The lowest BCUT2D eigenvalue weighted by molar-refractivity contribution is -0.141. The molecule has 1 rings (SSSR count). The summed E-state index contributed by atoms with van der Waals surface area (Å²) >= 11 is 0. The van der Waals surface area contributed by atoms with Crippen LogP contribution in [-0.2, 0) is 4.74 Å². The molecule has 2 unspecified atom stereocenters. The molecule has 0 aliphatic carbocycles. The number of rotatable bonds is 1. The summed E-state index contributed by atoms with van der Waals surface area (Å²) in [6.07, 6.45) is 1.29. The lowest BCUT2D eigenvalue weighted by atomic mass is 10.1. The number of ether oxygens (including phenoxy) is 1. The first-order valence-corrected chi connectivity index (χ1v) is 3.66. The maximum atomic E-state index is 8.97. The number of nitrogens with zero attached hydrogens (tertiary/aromatic N) is 1. The Kier molecular flexibility index (Phi) is 2.65. The van der Waals surface area contributed by atoms with Crippen molar-refractivity contribution < 1.29 is 9.84 Å². The van der Waals surface area contributed by atoms with Crippen molar-refractivity contribution in [3.63, 3.8) is 0 Å². The molecule has 0 radical (unpaired) electrons. The summed E-state index contributed by atoms with van der Waals surface area (Å²) in [5.41, 5.74) is 0. The molecule has 1 aliphatic heterocycles. The third kappa shape index (κ3) is 1.94. The van der Waals surface area contributed by atoms with Gasteiger partial charge in [0.05, 0.1) is 6.61 Å². The van der Waals surface area contributed by atoms with Crippen molar-refractivity contribution in [2.45, 2.75) is 25.2 Å². The van der Waals surface area contributed by atoms with E-state index >= 15 is 0 Å². The van der Waals surface area contributed by atoms with Gasteiger partial charge < -0.3 is 14.7 Å². The van der Waals surface area contributed by atoms with Crippen LogP contribution in [0.4, 0.5) is 0 Å². The van der Waals surface area contributed by atoms with Crippen LogP contribution in [0.3, 0.4) is 0 Å². The Balaban J connectivity index is 2.26. The van der Waals surface area contributed by atoms with Crippen LogP contribution in [0.1, 0.15) is 12.8 Å². The molecule has 1 saturated heterocycles. The van der Waals surface area contributed by atoms with E-state index in [1.807, 2.05) is 14.1 Å². The van der Waals surface area contributed by atoms with Crippen LogP contribution >= 0.6 is 0 Å². The highest BCUT2D eigenvalue weighted by Gasteiger charge is 2.20. The molecular formula is C7H15NO2. The summed E-state index contributed by atoms with van der Waals surface area (Å²) in [7, 11) is 4.07. The summed E-state index contributed by atoms with van der Waals surface area (Å²) < 4.78 is 5.07. The number of aliphatic hydroxyl groups excluding tert-OH is 1. The molecular weight excluding hydrogens is 130 g/mol. The topological polar surface area (TPSA) is 32.7 Å². The predicted molar refractivity (Wildman–Crippen MR) is 38.7 cm³/mol. The van der Waals surface area contributed by atoms with Crippen molar-refractivity contribution in [1.29, 1.82) is 0 Å². The van der Waals surface area contributed by atoms with E-state index in [0.29, 0.717) is 12.6 Å². The molecule has 3 heteroatoms. The van der Waals surface area contributed by atoms with Crippen molar-refractivity contribution in [2.75, 3.05) is 20.7 Å². The standard InChI is InChI=1S/C7H15NO2/c1-8(2)6-3-4-7(9)10-5-6/h6-7,9H,3-5H2,1-2H3. The molecule has 0 aromatic carbocycles. The third-order valence-electron chi connectivity index (χ3n) is 1.96. The van der Waals surface area contributed by atoms with Gasteiger partial charge in [0.2, 0.25) is 0 Å². The third-order valence-corrected chi connectivity index (χ3v) is 1.96. The van der Waals surface area contributed by atoms with E-state index in [2.05, 4.69) is 4.90 Å². The molecule has 2 atom stereocenters. The number of likely N-dealkylation sites (N-methyl/N-ethyl adjacent to an activating group) is 1. The van der Waals surface area contributed by atoms with E-state index < -0.39 is 6.29 Å². The normalized spacial score (nSPS) is 34.8. The molecule has 3 nitrogen and oxygen atoms in total. The van der Waals surface area contributed by atoms with E-state index in [1.54, 1.807) is 0 Å². The predicted octanol–water partition coefficient (Wildman–Crippen LogP) is 0.0454. The van der Waals surface area contributed by atoms with E-state index in [4.69, 9.17) is 9.84 Å². The van der Waals surface area contributed by atoms with Crippen LogP contribution in [0.2, 0.25) is 0 Å². The van der Waals surface area contributed by atoms with Crippen LogP contribution in [0, 0.1) is 0 Å². The highest BCUT2D eigenvalue weighted by molar-refractivity contribution is 4.70. The first kappa shape index (κ1) is 7.98. The maximum Gasteiger partial charge on any atom is 0.154 e. The smallest absolute Gasteiger partial charge is 0.154 e. The van der Waals surface area contributed by atoms with Crippen LogP contribution in [-0.4, -0.2) is 43.0 Å². The fourth-order valence-corrected chi connectivity index (χ4v) is 1.13. The molecule has 1 N–H and O–H groups in total. The molecule has 0 aromatic heterocycles. The van der Waals surface area contributed by atoms with Gasteiger partial charge in [-0.1, -0.05) is 0 Å². The Bertz CT molecular complexity index is 97.8. The van der Waals surface area contributed by atoms with Gasteiger partial charge in [-0.2, -0.15) is 0 Å². The lowest BCUT2D eigenvalue weighted by Crippen LogP contribution is -2.38. The second-order valence-electron chi connectivity index (χ2n) is 2.98. The zero-order valence-corrected chi connectivity index (χ0v) is 6.58. The van der Waals surface area contributed by atoms with Gasteiger partial charge >= 0.3 is 0 Å². The average molecular weight is 145 g/mol. The van der Waals surface area contributed by atoms with Gasteiger partial charge in [0.25, 0.3) is 0 Å². The average Bonchev–Trinajstić information content (AvgIpc) is 1.88. The molecule has 1 fully saturated rings. The van der Waals surface area contributed by atoms with Gasteiger partial charge in [0.1, 0.15) is 0 Å². The van der Waals surface area contributed by atoms with Crippen LogP contribution < -0.4 is 0 Å². The first-order valence-electron chi connectivity index (χ1n) is 3.66. The minimum absolute atomic E-state index is 0.489. The van der Waals surface area contributed by atoms with Crippen molar-refractivity contribution in [1.82, 2.24) is 4.90 Å². The van der Waals surface area contributed by atoms with E-state index in [1.165, 1.54) is 0 Å². The summed E-state index contributed by atoms with van der Waals surface area (Å²) in [6.45, 7) is 0.661. The van der Waals surface area contributed by atoms with Crippen molar-refractivity contribution in [3.8, 4) is 0 Å². The molecule has 60 valence electrons. The van der Waals surface area contributed by atoms with Crippen molar-refractivity contribution in [3.05, 3.63) is 0 Å². The highest BCUT2D eigenvalue weighted by Crippen LogP contribution is 2.13. The molecule has 10 heavy (non-hydrogen) atoms. The van der Waals surface area contributed by atoms with Gasteiger partial charge in [0, 0.05) is 6.04 Å². The van der Waals surface area contributed by atoms with Crippen LogP contribution in [0.5, 0.6) is 0 Å². The van der Waals surface area contributed by atoms with Crippen molar-refractivity contribution in [2.24, 2.45) is 0 Å². The fourth-order valence-electron chi connectivity index (χ4n) is 1.13. The molecule has 0 bridgehead atoms. The quantitative estimate of drug-likeness (QED) is 0.565. The van der Waals surface area contributed by atoms with Gasteiger partial charge in [0.15, 0.2) is 6.29 Å². The van der Waals surface area contributed by atoms with Gasteiger partial charge in [-0.15, -0.1) is 0 Å². The number of hydrogen-bond acceptors (Lipinski definition) is 3. The Labute approximate surface area is 61.6 Å². The van der Waals surface area contributed by atoms with Crippen LogP contribution in [0.25, 0.3) is 0 Å². The molecule has 0 amide bonds. The fraction of sp³-hybridized carbons (Fsp3) is 1.00. The monoisotopic (exact) mass is 145 g/mol. The maximum absolute atomic E-state index is 8.97. The summed E-state index contributed by atoms with van der Waals surface area (Å²) in [6, 6.07) is 0.489. The van der Waals surface area contributed by atoms with Gasteiger partial charge in [-0.05, 0) is 26.9 Å². The molecule has 1 aliphatic rings. The molecule has 0 spiro atoms. The zero-order chi connectivity index (χ0) is 7.56. The SMILES string of the molecule is CN(C)C1CCC(O)OC1. The van der Waals surface area contributed by atoms with E-state index in [0.717, 1.165) is 12.8 Å². The Hall–Kier alpha value is -0.120. The largest absolute Gasteiger partial charge is 0.368 e. The summed E-state index contributed by atoms with van der Waals surface area (Å²) in [5.74, 6) is 0. The van der Waals surface area contributed by atoms with Crippen LogP contribution in [0.15, 0.2) is 0 Å². The van der Waals surface area contributed by atoms with Gasteiger partial charge in [-0.3, -0.25) is 0 Å². The molecule has 0 saturated carbocycles.